The molecular formula is C30H28Cl2F2N2O6. The standard InChI is InChI=1S/C30H28Cl2F2N2O6/c1-3-22(31)21(23(32)4-2)15-26(20-10-11-25(42-30(33)34)27(14-20)40-17-18-8-9-18)41-28(37)16-35-13-12-19-6-5-7-24(29(19)35)36(38)39/h3-7,10-14,18,26,30H,1,8-9,15-17H2,2H3/b22-21+,23-4+/t26-/m0/s1. The average molecular weight is 621 g/mol. The van der Waals surface area contributed by atoms with Crippen molar-refractivity contribution in [2.75, 3.05) is 6.61 Å². The second-order valence-electron chi connectivity index (χ2n) is 9.60. The molecule has 42 heavy (non-hydrogen) atoms. The fourth-order valence-electron chi connectivity index (χ4n) is 4.40. The molecule has 1 saturated carbocycles. The van der Waals surface area contributed by atoms with Crippen molar-refractivity contribution < 1.29 is 32.7 Å². The molecule has 1 aliphatic rings. The van der Waals surface area contributed by atoms with Gasteiger partial charge in [0.25, 0.3) is 5.69 Å². The minimum absolute atomic E-state index is 0.00343. The molecule has 8 nitrogen and oxygen atoms in total. The first-order valence-electron chi connectivity index (χ1n) is 13.1. The van der Waals surface area contributed by atoms with Crippen molar-refractivity contribution in [1.82, 2.24) is 4.57 Å². The van der Waals surface area contributed by atoms with E-state index in [0.29, 0.717) is 34.1 Å². The van der Waals surface area contributed by atoms with Gasteiger partial charge < -0.3 is 18.8 Å². The highest BCUT2D eigenvalue weighted by Gasteiger charge is 2.26. The summed E-state index contributed by atoms with van der Waals surface area (Å²) >= 11 is 12.8. The number of hydrogen-bond acceptors (Lipinski definition) is 6. The van der Waals surface area contributed by atoms with Crippen molar-refractivity contribution >= 4 is 45.8 Å². The Morgan fingerprint density at radius 3 is 2.62 bits per heavy atom. The molecule has 4 rings (SSSR count). The van der Waals surface area contributed by atoms with Gasteiger partial charge in [0.05, 0.1) is 11.5 Å². The topological polar surface area (TPSA) is 92.8 Å². The molecule has 0 bridgehead atoms. The van der Waals surface area contributed by atoms with Crippen LogP contribution >= 0.6 is 23.2 Å². The van der Waals surface area contributed by atoms with Gasteiger partial charge in [-0.15, -0.1) is 0 Å². The first-order valence-corrected chi connectivity index (χ1v) is 13.8. The van der Waals surface area contributed by atoms with Gasteiger partial charge in [0.15, 0.2) is 11.5 Å². The van der Waals surface area contributed by atoms with E-state index >= 15 is 0 Å². The Hall–Kier alpha value is -3.89. The molecule has 1 fully saturated rings. The summed E-state index contributed by atoms with van der Waals surface area (Å²) in [6.45, 7) is 2.32. The molecule has 1 aliphatic carbocycles. The van der Waals surface area contributed by atoms with E-state index in [9.17, 15) is 23.7 Å². The SMILES string of the molecule is C=C/C(Cl)=C(C[C@H](OC(=O)Cn1ccc2cccc([N+](=O)[O-])c21)c1ccc(OC(F)F)c(OCC2CC2)c1)\C(Cl)=C/C. The number of hydrogen-bond donors (Lipinski definition) is 0. The van der Waals surface area contributed by atoms with E-state index in [1.54, 1.807) is 37.4 Å². The Balaban J connectivity index is 1.69. The number of allylic oxidation sites excluding steroid dienone is 4. The number of nitrogens with zero attached hydrogens (tertiary/aromatic N) is 2. The Morgan fingerprint density at radius 1 is 1.21 bits per heavy atom. The highest BCUT2D eigenvalue weighted by atomic mass is 35.5. The number of rotatable bonds is 14. The number of fused-ring (bicyclic) bond motifs is 1. The molecule has 0 saturated heterocycles. The summed E-state index contributed by atoms with van der Waals surface area (Å²) in [6.07, 6.45) is 5.54. The van der Waals surface area contributed by atoms with E-state index in [0.717, 1.165) is 12.8 Å². The first kappa shape index (κ1) is 31.1. The molecule has 1 aromatic heterocycles. The van der Waals surface area contributed by atoms with Crippen LogP contribution in [0.4, 0.5) is 14.5 Å². The normalized spacial score (nSPS) is 14.9. The maximum Gasteiger partial charge on any atom is 0.387 e. The second-order valence-corrected chi connectivity index (χ2v) is 10.4. The summed E-state index contributed by atoms with van der Waals surface area (Å²) in [5.74, 6) is -0.464. The van der Waals surface area contributed by atoms with Crippen LogP contribution in [0.2, 0.25) is 0 Å². The van der Waals surface area contributed by atoms with Crippen LogP contribution in [0.1, 0.15) is 37.9 Å². The lowest BCUT2D eigenvalue weighted by atomic mass is 9.99. The molecule has 0 radical (unpaired) electrons. The van der Waals surface area contributed by atoms with Gasteiger partial charge in [-0.25, -0.2) is 0 Å². The van der Waals surface area contributed by atoms with E-state index in [2.05, 4.69) is 11.3 Å². The highest BCUT2D eigenvalue weighted by molar-refractivity contribution is 6.36. The van der Waals surface area contributed by atoms with Crippen molar-refractivity contribution in [3.8, 4) is 11.5 Å². The number of halogens is 4. The molecule has 0 spiro atoms. The molecule has 3 aromatic rings. The zero-order valence-corrected chi connectivity index (χ0v) is 24.1. The van der Waals surface area contributed by atoms with Crippen LogP contribution in [0.15, 0.2) is 83.0 Å². The molecule has 0 N–H and O–H groups in total. The molecule has 1 heterocycles. The molecule has 0 unspecified atom stereocenters. The van der Waals surface area contributed by atoms with E-state index in [-0.39, 0.29) is 40.7 Å². The lowest BCUT2D eigenvalue weighted by Crippen LogP contribution is -2.18. The summed E-state index contributed by atoms with van der Waals surface area (Å²) in [7, 11) is 0. The van der Waals surface area contributed by atoms with Crippen LogP contribution in [-0.4, -0.2) is 28.7 Å². The van der Waals surface area contributed by atoms with Crippen molar-refractivity contribution in [2.45, 2.75) is 45.4 Å². The molecule has 2 aromatic carbocycles. The zero-order chi connectivity index (χ0) is 30.4. The number of aromatic nitrogens is 1. The molecule has 1 atom stereocenters. The summed E-state index contributed by atoms with van der Waals surface area (Å²) in [5, 5.41) is 12.7. The third-order valence-electron chi connectivity index (χ3n) is 6.66. The predicted octanol–water partition coefficient (Wildman–Crippen LogP) is 8.44. The van der Waals surface area contributed by atoms with E-state index < -0.39 is 23.6 Å². The summed E-state index contributed by atoms with van der Waals surface area (Å²) < 4.78 is 44.0. The highest BCUT2D eigenvalue weighted by Crippen LogP contribution is 2.39. The summed E-state index contributed by atoms with van der Waals surface area (Å²) in [4.78, 5) is 24.4. The number of alkyl halides is 2. The van der Waals surface area contributed by atoms with Crippen molar-refractivity contribution in [3.05, 3.63) is 98.7 Å². The van der Waals surface area contributed by atoms with Crippen LogP contribution in [-0.2, 0) is 16.1 Å². The van der Waals surface area contributed by atoms with Crippen LogP contribution < -0.4 is 9.47 Å². The number of benzene rings is 2. The maximum absolute atomic E-state index is 13.3. The van der Waals surface area contributed by atoms with Crippen LogP contribution in [0.5, 0.6) is 11.5 Å². The van der Waals surface area contributed by atoms with Gasteiger partial charge in [-0.1, -0.05) is 60.1 Å². The lowest BCUT2D eigenvalue weighted by Gasteiger charge is -2.22. The third kappa shape index (κ3) is 7.68. The Kier molecular flexibility index (Phi) is 10.2. The van der Waals surface area contributed by atoms with E-state index in [1.807, 2.05) is 0 Å². The number of nitro groups is 1. The van der Waals surface area contributed by atoms with Gasteiger partial charge in [-0.3, -0.25) is 14.9 Å². The number of para-hydroxylation sites is 1. The zero-order valence-electron chi connectivity index (χ0n) is 22.6. The van der Waals surface area contributed by atoms with E-state index in [1.165, 1.54) is 34.9 Å². The number of esters is 1. The van der Waals surface area contributed by atoms with Gasteiger partial charge in [-0.05, 0) is 55.0 Å². The van der Waals surface area contributed by atoms with Crippen LogP contribution in [0, 0.1) is 16.0 Å². The number of ether oxygens (including phenoxy) is 3. The molecule has 12 heteroatoms. The Morgan fingerprint density at radius 2 is 1.98 bits per heavy atom. The Bertz CT molecular complexity index is 1550. The monoisotopic (exact) mass is 620 g/mol. The predicted molar refractivity (Wildman–Crippen MR) is 156 cm³/mol. The van der Waals surface area contributed by atoms with Gasteiger partial charge >= 0.3 is 12.6 Å². The average Bonchev–Trinajstić information content (AvgIpc) is 3.72. The van der Waals surface area contributed by atoms with Crippen molar-refractivity contribution in [3.63, 3.8) is 0 Å². The van der Waals surface area contributed by atoms with Crippen molar-refractivity contribution in [1.29, 1.82) is 0 Å². The number of carbonyl (C=O) groups is 1. The lowest BCUT2D eigenvalue weighted by molar-refractivity contribution is -0.383. The van der Waals surface area contributed by atoms with E-state index in [4.69, 9.17) is 32.7 Å². The smallest absolute Gasteiger partial charge is 0.387 e. The molecule has 0 amide bonds. The number of carbonyl (C=O) groups excluding carboxylic acids is 1. The molecule has 0 aliphatic heterocycles. The van der Waals surface area contributed by atoms with Gasteiger partial charge in [-0.2, -0.15) is 8.78 Å². The minimum atomic E-state index is -3.07. The number of non-ortho nitro benzene ring substituents is 1. The molecular weight excluding hydrogens is 593 g/mol. The number of nitro benzene ring substituents is 1. The molecule has 222 valence electrons. The first-order chi connectivity index (χ1) is 20.1. The quantitative estimate of drug-likeness (QED) is 0.0777. The minimum Gasteiger partial charge on any atom is -0.489 e. The second kappa shape index (κ2) is 13.8. The fraction of sp³-hybridized carbons (Fsp3) is 0.300. The summed E-state index contributed by atoms with van der Waals surface area (Å²) in [5.41, 5.74) is 0.957. The van der Waals surface area contributed by atoms with Crippen LogP contribution in [0.3, 0.4) is 0 Å². The van der Waals surface area contributed by atoms with Crippen molar-refractivity contribution in [2.24, 2.45) is 5.92 Å². The summed E-state index contributed by atoms with van der Waals surface area (Å²) in [6, 6.07) is 10.6. The largest absolute Gasteiger partial charge is 0.489 e. The fourth-order valence-corrected chi connectivity index (χ4v) is 4.80. The van der Waals surface area contributed by atoms with Gasteiger partial charge in [0.1, 0.15) is 18.2 Å². The Labute approximate surface area is 250 Å². The maximum atomic E-state index is 13.3. The van der Waals surface area contributed by atoms with Gasteiger partial charge in [0, 0.05) is 34.1 Å². The van der Waals surface area contributed by atoms with Gasteiger partial charge in [0.2, 0.25) is 0 Å². The third-order valence-corrected chi connectivity index (χ3v) is 7.49. The van der Waals surface area contributed by atoms with Crippen LogP contribution in [0.25, 0.3) is 10.9 Å².